The van der Waals surface area contributed by atoms with Crippen molar-refractivity contribution < 1.29 is 14.3 Å². The lowest BCUT2D eigenvalue weighted by Crippen LogP contribution is -2.15. The van der Waals surface area contributed by atoms with Crippen molar-refractivity contribution in [2.75, 3.05) is 12.4 Å². The van der Waals surface area contributed by atoms with Crippen molar-refractivity contribution in [2.45, 2.75) is 20.3 Å². The number of anilines is 1. The number of nitrogens with one attached hydrogen (secondary N) is 1. The fourth-order valence-corrected chi connectivity index (χ4v) is 3.06. The standard InChI is InChI=1S/C23H22ClNO3/c1-15-7-8-17(16(2)11-15)12-23(26)25-21-13-18(24)9-10-22(21)28-20-6-4-5-19(14-20)27-3/h4-11,13-14H,12H2,1-3H3,(H,25,26). The molecule has 0 unspecified atom stereocenters. The molecule has 144 valence electrons. The third kappa shape index (κ3) is 5.05. The predicted octanol–water partition coefficient (Wildman–Crippen LogP) is 5.94. The second-order valence-electron chi connectivity index (χ2n) is 6.58. The topological polar surface area (TPSA) is 47.6 Å². The largest absolute Gasteiger partial charge is 0.497 e. The first kappa shape index (κ1) is 19.8. The molecular formula is C23H22ClNO3. The number of ether oxygens (including phenoxy) is 2. The Labute approximate surface area is 170 Å². The predicted molar refractivity (Wildman–Crippen MR) is 113 cm³/mol. The minimum absolute atomic E-state index is 0.135. The first-order chi connectivity index (χ1) is 13.4. The quantitative estimate of drug-likeness (QED) is 0.561. The van der Waals surface area contributed by atoms with Crippen LogP contribution in [0, 0.1) is 13.8 Å². The van der Waals surface area contributed by atoms with E-state index in [0.717, 1.165) is 11.1 Å². The highest BCUT2D eigenvalue weighted by Gasteiger charge is 2.12. The number of methoxy groups -OCH3 is 1. The Morgan fingerprint density at radius 1 is 1.00 bits per heavy atom. The van der Waals surface area contributed by atoms with E-state index in [1.54, 1.807) is 31.4 Å². The molecule has 0 heterocycles. The number of benzene rings is 3. The van der Waals surface area contributed by atoms with Crippen LogP contribution in [0.1, 0.15) is 16.7 Å². The van der Waals surface area contributed by atoms with Crippen LogP contribution >= 0.6 is 11.6 Å². The van der Waals surface area contributed by atoms with Gasteiger partial charge >= 0.3 is 0 Å². The molecular weight excluding hydrogens is 374 g/mol. The zero-order valence-corrected chi connectivity index (χ0v) is 16.8. The number of carbonyl (C=O) groups excluding carboxylic acids is 1. The molecule has 0 aliphatic rings. The maximum absolute atomic E-state index is 12.6. The number of carbonyl (C=O) groups is 1. The van der Waals surface area contributed by atoms with E-state index in [9.17, 15) is 4.79 Å². The molecule has 0 saturated heterocycles. The summed E-state index contributed by atoms with van der Waals surface area (Å²) in [7, 11) is 1.60. The third-order valence-electron chi connectivity index (χ3n) is 4.33. The van der Waals surface area contributed by atoms with Gasteiger partial charge in [-0.25, -0.2) is 0 Å². The number of rotatable bonds is 6. The van der Waals surface area contributed by atoms with E-state index in [1.807, 2.05) is 44.2 Å². The highest BCUT2D eigenvalue weighted by Crippen LogP contribution is 2.33. The van der Waals surface area contributed by atoms with Crippen LogP contribution in [0.4, 0.5) is 5.69 Å². The van der Waals surface area contributed by atoms with Crippen LogP contribution in [0.25, 0.3) is 0 Å². The van der Waals surface area contributed by atoms with Gasteiger partial charge in [0.1, 0.15) is 11.5 Å². The summed E-state index contributed by atoms with van der Waals surface area (Å²) < 4.78 is 11.2. The Morgan fingerprint density at radius 3 is 2.54 bits per heavy atom. The Morgan fingerprint density at radius 2 is 1.79 bits per heavy atom. The van der Waals surface area contributed by atoms with Crippen molar-refractivity contribution in [3.8, 4) is 17.2 Å². The lowest BCUT2D eigenvalue weighted by molar-refractivity contribution is -0.115. The summed E-state index contributed by atoms with van der Waals surface area (Å²) in [5.41, 5.74) is 3.77. The average molecular weight is 396 g/mol. The van der Waals surface area contributed by atoms with Crippen LogP contribution < -0.4 is 14.8 Å². The molecule has 1 N–H and O–H groups in total. The van der Waals surface area contributed by atoms with Crippen LogP contribution in [0.5, 0.6) is 17.2 Å². The zero-order valence-electron chi connectivity index (χ0n) is 16.1. The number of hydrogen-bond donors (Lipinski definition) is 1. The average Bonchev–Trinajstić information content (AvgIpc) is 2.66. The Bertz CT molecular complexity index is 1000. The van der Waals surface area contributed by atoms with Gasteiger partial charge in [0.05, 0.1) is 19.2 Å². The molecule has 0 radical (unpaired) electrons. The summed E-state index contributed by atoms with van der Waals surface area (Å²) in [4.78, 5) is 12.6. The summed E-state index contributed by atoms with van der Waals surface area (Å²) in [5.74, 6) is 1.66. The van der Waals surface area contributed by atoms with Crippen molar-refractivity contribution in [3.63, 3.8) is 0 Å². The van der Waals surface area contributed by atoms with Gasteiger partial charge in [0.25, 0.3) is 0 Å². The van der Waals surface area contributed by atoms with E-state index in [0.29, 0.717) is 28.0 Å². The molecule has 0 spiro atoms. The lowest BCUT2D eigenvalue weighted by atomic mass is 10.0. The molecule has 0 fully saturated rings. The van der Waals surface area contributed by atoms with Crippen LogP contribution in [0.3, 0.4) is 0 Å². The van der Waals surface area contributed by atoms with Crippen LogP contribution in [0.2, 0.25) is 5.02 Å². The molecule has 4 nitrogen and oxygen atoms in total. The van der Waals surface area contributed by atoms with E-state index in [2.05, 4.69) is 11.4 Å². The van der Waals surface area contributed by atoms with E-state index in [-0.39, 0.29) is 12.3 Å². The van der Waals surface area contributed by atoms with Gasteiger partial charge in [0.2, 0.25) is 5.91 Å². The first-order valence-corrected chi connectivity index (χ1v) is 9.30. The third-order valence-corrected chi connectivity index (χ3v) is 4.57. The molecule has 0 aliphatic heterocycles. The summed E-state index contributed by atoms with van der Waals surface area (Å²) in [6, 6.07) is 18.4. The molecule has 0 bridgehead atoms. The van der Waals surface area contributed by atoms with Gasteiger partial charge in [0.15, 0.2) is 5.75 Å². The van der Waals surface area contributed by atoms with Crippen LogP contribution in [0.15, 0.2) is 60.7 Å². The number of halogens is 1. The number of aryl methyl sites for hydroxylation is 2. The van der Waals surface area contributed by atoms with Crippen molar-refractivity contribution in [3.05, 3.63) is 82.4 Å². The molecule has 0 saturated carbocycles. The number of hydrogen-bond acceptors (Lipinski definition) is 3. The molecule has 1 amide bonds. The van der Waals surface area contributed by atoms with Crippen LogP contribution in [-0.2, 0) is 11.2 Å². The maximum Gasteiger partial charge on any atom is 0.228 e. The minimum Gasteiger partial charge on any atom is -0.497 e. The lowest BCUT2D eigenvalue weighted by Gasteiger charge is -2.14. The molecule has 0 aromatic heterocycles. The molecule has 0 atom stereocenters. The van der Waals surface area contributed by atoms with Crippen LogP contribution in [-0.4, -0.2) is 13.0 Å². The first-order valence-electron chi connectivity index (χ1n) is 8.92. The molecule has 3 aromatic rings. The second kappa shape index (κ2) is 8.81. The van der Waals surface area contributed by atoms with E-state index < -0.39 is 0 Å². The molecule has 5 heteroatoms. The fourth-order valence-electron chi connectivity index (χ4n) is 2.89. The Hall–Kier alpha value is -2.98. The van der Waals surface area contributed by atoms with E-state index in [4.69, 9.17) is 21.1 Å². The second-order valence-corrected chi connectivity index (χ2v) is 7.01. The smallest absolute Gasteiger partial charge is 0.228 e. The van der Waals surface area contributed by atoms with Crippen molar-refractivity contribution in [1.82, 2.24) is 0 Å². The molecule has 3 aromatic carbocycles. The SMILES string of the molecule is COc1cccc(Oc2ccc(Cl)cc2NC(=O)Cc2ccc(C)cc2C)c1. The van der Waals surface area contributed by atoms with Gasteiger partial charge < -0.3 is 14.8 Å². The fraction of sp³-hybridized carbons (Fsp3) is 0.174. The van der Waals surface area contributed by atoms with Crippen molar-refractivity contribution in [2.24, 2.45) is 0 Å². The van der Waals surface area contributed by atoms with E-state index >= 15 is 0 Å². The van der Waals surface area contributed by atoms with Gasteiger partial charge in [-0.05, 0) is 55.3 Å². The summed E-state index contributed by atoms with van der Waals surface area (Å²) in [5, 5.41) is 3.42. The minimum atomic E-state index is -0.135. The maximum atomic E-state index is 12.6. The summed E-state index contributed by atoms with van der Waals surface area (Å²) >= 11 is 6.13. The van der Waals surface area contributed by atoms with Gasteiger partial charge in [-0.2, -0.15) is 0 Å². The Balaban J connectivity index is 1.79. The van der Waals surface area contributed by atoms with Crippen molar-refractivity contribution in [1.29, 1.82) is 0 Å². The summed E-state index contributed by atoms with van der Waals surface area (Å²) in [6.07, 6.45) is 0.275. The number of amides is 1. The molecule has 0 aliphatic carbocycles. The molecule has 3 rings (SSSR count). The van der Waals surface area contributed by atoms with Gasteiger partial charge in [-0.1, -0.05) is 41.4 Å². The van der Waals surface area contributed by atoms with Gasteiger partial charge in [-0.3, -0.25) is 4.79 Å². The Kier molecular flexibility index (Phi) is 6.22. The van der Waals surface area contributed by atoms with Gasteiger partial charge in [0, 0.05) is 11.1 Å². The normalized spacial score (nSPS) is 10.4. The zero-order chi connectivity index (χ0) is 20.1. The van der Waals surface area contributed by atoms with Crippen molar-refractivity contribution >= 4 is 23.2 Å². The van der Waals surface area contributed by atoms with E-state index in [1.165, 1.54) is 5.56 Å². The highest BCUT2D eigenvalue weighted by atomic mass is 35.5. The highest BCUT2D eigenvalue weighted by molar-refractivity contribution is 6.31. The molecule has 28 heavy (non-hydrogen) atoms. The van der Waals surface area contributed by atoms with Gasteiger partial charge in [-0.15, -0.1) is 0 Å². The monoisotopic (exact) mass is 395 g/mol. The summed E-state index contributed by atoms with van der Waals surface area (Å²) in [6.45, 7) is 4.04.